The number of esters is 2. The van der Waals surface area contributed by atoms with Gasteiger partial charge in [0.15, 0.2) is 18.1 Å². The molecule has 0 radical (unpaired) electrons. The van der Waals surface area contributed by atoms with E-state index in [0.29, 0.717) is 23.7 Å². The second kappa shape index (κ2) is 11.4. The molecule has 0 spiro atoms. The lowest BCUT2D eigenvalue weighted by molar-refractivity contribution is -0.149. The molecule has 0 saturated carbocycles. The highest BCUT2D eigenvalue weighted by Gasteiger charge is 2.36. The third-order valence-corrected chi connectivity index (χ3v) is 4.65. The summed E-state index contributed by atoms with van der Waals surface area (Å²) in [5.74, 6) is -1.01. The van der Waals surface area contributed by atoms with Gasteiger partial charge in [-0.15, -0.1) is 0 Å². The Hall–Kier alpha value is -3.01. The number of carbonyl (C=O) groups excluding carboxylic acids is 4. The number of amides is 2. The standard InChI is InChI=1S/C21H25NO8S/c1-5-27-16-9-14(7-8-15(16)29-12-19(24)28-6-2)10-17-20(25)22(21(26)31-17)11-18(23)30-13(3)4/h7-10,13H,5-6,11-12H2,1-4H3/b17-10+. The summed E-state index contributed by atoms with van der Waals surface area (Å²) >= 11 is 0.738. The highest BCUT2D eigenvalue weighted by Crippen LogP contribution is 2.34. The molecule has 0 bridgehead atoms. The van der Waals surface area contributed by atoms with E-state index < -0.39 is 29.6 Å². The Balaban J connectivity index is 2.15. The van der Waals surface area contributed by atoms with E-state index in [1.165, 1.54) is 6.08 Å². The van der Waals surface area contributed by atoms with Gasteiger partial charge in [-0.25, -0.2) is 4.79 Å². The average molecular weight is 451 g/mol. The van der Waals surface area contributed by atoms with Crippen LogP contribution < -0.4 is 9.47 Å². The highest BCUT2D eigenvalue weighted by molar-refractivity contribution is 8.18. The third-order valence-electron chi connectivity index (χ3n) is 3.74. The number of ether oxygens (including phenoxy) is 4. The van der Waals surface area contributed by atoms with Gasteiger partial charge in [0.05, 0.1) is 24.2 Å². The van der Waals surface area contributed by atoms with Gasteiger partial charge >= 0.3 is 11.9 Å². The molecule has 1 fully saturated rings. The molecule has 1 aromatic rings. The fourth-order valence-corrected chi connectivity index (χ4v) is 3.40. The molecule has 31 heavy (non-hydrogen) atoms. The molecule has 0 atom stereocenters. The van der Waals surface area contributed by atoms with Crippen molar-refractivity contribution in [3.8, 4) is 11.5 Å². The maximum atomic E-state index is 12.6. The predicted molar refractivity (Wildman–Crippen MR) is 114 cm³/mol. The molecule has 1 aliphatic rings. The summed E-state index contributed by atoms with van der Waals surface area (Å²) in [5, 5.41) is -0.545. The maximum absolute atomic E-state index is 12.6. The van der Waals surface area contributed by atoms with E-state index >= 15 is 0 Å². The SMILES string of the molecule is CCOC(=O)COc1ccc(/C=C2/SC(=O)N(CC(=O)OC(C)C)C2=O)cc1OCC. The van der Waals surface area contributed by atoms with Gasteiger partial charge in [-0.2, -0.15) is 0 Å². The topological polar surface area (TPSA) is 108 Å². The van der Waals surface area contributed by atoms with Crippen LogP contribution in [0.5, 0.6) is 11.5 Å². The predicted octanol–water partition coefficient (Wildman–Crippen LogP) is 3.02. The van der Waals surface area contributed by atoms with E-state index in [-0.39, 0.29) is 24.2 Å². The van der Waals surface area contributed by atoms with Crippen LogP contribution in [0.1, 0.15) is 33.3 Å². The van der Waals surface area contributed by atoms with Crippen LogP contribution in [-0.2, 0) is 23.9 Å². The van der Waals surface area contributed by atoms with Crippen LogP contribution in [0.2, 0.25) is 0 Å². The summed E-state index contributed by atoms with van der Waals surface area (Å²) in [5.41, 5.74) is 0.585. The molecule has 0 unspecified atom stereocenters. The summed E-state index contributed by atoms with van der Waals surface area (Å²) in [7, 11) is 0. The van der Waals surface area contributed by atoms with E-state index in [4.69, 9.17) is 18.9 Å². The van der Waals surface area contributed by atoms with Gasteiger partial charge in [-0.05, 0) is 63.2 Å². The second-order valence-electron chi connectivity index (χ2n) is 6.54. The Kier molecular flexibility index (Phi) is 8.92. The first-order valence-electron chi connectivity index (χ1n) is 9.75. The minimum atomic E-state index is -0.653. The quantitative estimate of drug-likeness (QED) is 0.392. The van der Waals surface area contributed by atoms with E-state index in [9.17, 15) is 19.2 Å². The number of benzene rings is 1. The zero-order chi connectivity index (χ0) is 23.0. The van der Waals surface area contributed by atoms with Crippen LogP contribution in [0.4, 0.5) is 4.79 Å². The van der Waals surface area contributed by atoms with Gasteiger partial charge < -0.3 is 18.9 Å². The molecule has 2 rings (SSSR count). The Labute approximate surface area is 184 Å². The van der Waals surface area contributed by atoms with Crippen molar-refractivity contribution in [2.24, 2.45) is 0 Å². The second-order valence-corrected chi connectivity index (χ2v) is 7.53. The summed E-state index contributed by atoms with van der Waals surface area (Å²) in [4.78, 5) is 49.1. The van der Waals surface area contributed by atoms with Crippen molar-refractivity contribution in [1.29, 1.82) is 0 Å². The molecule has 2 amide bonds. The summed E-state index contributed by atoms with van der Waals surface area (Å²) in [6.45, 7) is 6.76. The fraction of sp³-hybridized carbons (Fsp3) is 0.429. The lowest BCUT2D eigenvalue weighted by atomic mass is 10.2. The molecule has 168 valence electrons. The molecule has 1 heterocycles. The Morgan fingerprint density at radius 1 is 1.06 bits per heavy atom. The van der Waals surface area contributed by atoms with Gasteiger partial charge in [0.1, 0.15) is 6.54 Å². The first-order chi connectivity index (χ1) is 14.7. The van der Waals surface area contributed by atoms with Crippen LogP contribution in [0.3, 0.4) is 0 Å². The first kappa shape index (κ1) is 24.3. The Bertz CT molecular complexity index is 880. The van der Waals surface area contributed by atoms with E-state index in [2.05, 4.69) is 0 Å². The average Bonchev–Trinajstić information content (AvgIpc) is 2.94. The van der Waals surface area contributed by atoms with Crippen molar-refractivity contribution in [1.82, 2.24) is 4.90 Å². The van der Waals surface area contributed by atoms with E-state index in [1.54, 1.807) is 45.9 Å². The Morgan fingerprint density at radius 3 is 2.45 bits per heavy atom. The number of nitrogens with zero attached hydrogens (tertiary/aromatic N) is 1. The summed E-state index contributed by atoms with van der Waals surface area (Å²) in [6.07, 6.45) is 1.18. The Morgan fingerprint density at radius 2 is 1.81 bits per heavy atom. The molecule has 0 aromatic heterocycles. The minimum absolute atomic E-state index is 0.171. The molecule has 10 heteroatoms. The third kappa shape index (κ3) is 7.02. The van der Waals surface area contributed by atoms with Gasteiger partial charge in [0.2, 0.25) is 0 Å². The number of hydrogen-bond acceptors (Lipinski definition) is 9. The van der Waals surface area contributed by atoms with Crippen molar-refractivity contribution in [3.05, 3.63) is 28.7 Å². The number of thioether (sulfide) groups is 1. The van der Waals surface area contributed by atoms with Crippen LogP contribution in [0.25, 0.3) is 6.08 Å². The van der Waals surface area contributed by atoms with Crippen LogP contribution >= 0.6 is 11.8 Å². The maximum Gasteiger partial charge on any atom is 0.344 e. The summed E-state index contributed by atoms with van der Waals surface area (Å²) < 4.78 is 20.8. The van der Waals surface area contributed by atoms with Crippen LogP contribution in [-0.4, -0.2) is 60.5 Å². The first-order valence-corrected chi connectivity index (χ1v) is 10.6. The van der Waals surface area contributed by atoms with Gasteiger partial charge in [-0.1, -0.05) is 6.07 Å². The van der Waals surface area contributed by atoms with Gasteiger partial charge in [-0.3, -0.25) is 19.3 Å². The van der Waals surface area contributed by atoms with Crippen molar-refractivity contribution < 1.29 is 38.1 Å². The number of carbonyl (C=O) groups is 4. The smallest absolute Gasteiger partial charge is 0.344 e. The van der Waals surface area contributed by atoms with Crippen LogP contribution in [0, 0.1) is 0 Å². The molecule has 0 N–H and O–H groups in total. The molecule has 9 nitrogen and oxygen atoms in total. The zero-order valence-corrected chi connectivity index (χ0v) is 18.7. The molecule has 1 aliphatic heterocycles. The highest BCUT2D eigenvalue weighted by atomic mass is 32.2. The minimum Gasteiger partial charge on any atom is -0.490 e. The normalized spacial score (nSPS) is 14.9. The van der Waals surface area contributed by atoms with E-state index in [0.717, 1.165) is 16.7 Å². The van der Waals surface area contributed by atoms with Gasteiger partial charge in [0.25, 0.3) is 11.1 Å². The largest absolute Gasteiger partial charge is 0.490 e. The molecule has 1 aromatic carbocycles. The zero-order valence-electron chi connectivity index (χ0n) is 17.8. The van der Waals surface area contributed by atoms with E-state index in [1.807, 2.05) is 0 Å². The molecular formula is C21H25NO8S. The number of imide groups is 1. The molecule has 0 aliphatic carbocycles. The molecular weight excluding hydrogens is 426 g/mol. The number of hydrogen-bond donors (Lipinski definition) is 0. The van der Waals surface area contributed by atoms with Crippen molar-refractivity contribution in [2.75, 3.05) is 26.4 Å². The van der Waals surface area contributed by atoms with Gasteiger partial charge in [0, 0.05) is 0 Å². The lowest BCUT2D eigenvalue weighted by Crippen LogP contribution is -2.35. The van der Waals surface area contributed by atoms with Crippen LogP contribution in [0.15, 0.2) is 23.1 Å². The summed E-state index contributed by atoms with van der Waals surface area (Å²) in [6, 6.07) is 4.88. The monoisotopic (exact) mass is 451 g/mol. The van der Waals surface area contributed by atoms with Crippen molar-refractivity contribution in [2.45, 2.75) is 33.8 Å². The fourth-order valence-electron chi connectivity index (χ4n) is 2.56. The molecule has 1 saturated heterocycles. The van der Waals surface area contributed by atoms with Crippen molar-refractivity contribution in [3.63, 3.8) is 0 Å². The number of rotatable bonds is 10. The van der Waals surface area contributed by atoms with Crippen molar-refractivity contribution >= 4 is 40.9 Å². The lowest BCUT2D eigenvalue weighted by Gasteiger charge is -2.13.